The van der Waals surface area contributed by atoms with E-state index in [2.05, 4.69) is 6.92 Å². The Morgan fingerprint density at radius 1 is 1.17 bits per heavy atom. The zero-order chi connectivity index (χ0) is 21.3. The van der Waals surface area contributed by atoms with Gasteiger partial charge < -0.3 is 0 Å². The molecule has 1 saturated heterocycles. The van der Waals surface area contributed by atoms with E-state index in [4.69, 9.17) is 28.9 Å². The van der Waals surface area contributed by atoms with E-state index in [1.54, 1.807) is 4.90 Å². The molecule has 1 aliphatic rings. The van der Waals surface area contributed by atoms with Gasteiger partial charge in [-0.15, -0.1) is 0 Å². The summed E-state index contributed by atoms with van der Waals surface area (Å²) in [4.78, 5) is 15.3. The van der Waals surface area contributed by atoms with Gasteiger partial charge in [-0.05, 0) is 43.7 Å². The Labute approximate surface area is 190 Å². The minimum atomic E-state index is -0.0473. The van der Waals surface area contributed by atoms with Crippen molar-refractivity contribution in [3.63, 3.8) is 0 Å². The van der Waals surface area contributed by atoms with E-state index in [0.717, 1.165) is 28.9 Å². The average molecular weight is 454 g/mol. The van der Waals surface area contributed by atoms with Crippen LogP contribution in [0.2, 0.25) is 5.02 Å². The third kappa shape index (κ3) is 4.08. The van der Waals surface area contributed by atoms with E-state index in [0.29, 0.717) is 14.2 Å². The van der Waals surface area contributed by atoms with Gasteiger partial charge in [-0.25, -0.2) is 4.68 Å². The van der Waals surface area contributed by atoms with Crippen molar-refractivity contribution in [1.82, 2.24) is 14.7 Å². The minimum Gasteiger partial charge on any atom is -0.290 e. The molecule has 0 saturated carbocycles. The van der Waals surface area contributed by atoms with Crippen molar-refractivity contribution < 1.29 is 4.79 Å². The first kappa shape index (κ1) is 20.8. The first-order valence-corrected chi connectivity index (χ1v) is 11.3. The van der Waals surface area contributed by atoms with E-state index < -0.39 is 0 Å². The van der Waals surface area contributed by atoms with Crippen LogP contribution in [0.15, 0.2) is 65.7 Å². The van der Waals surface area contributed by atoms with Gasteiger partial charge in [-0.2, -0.15) is 5.10 Å². The molecule has 0 radical (unpaired) electrons. The molecular weight excluding hydrogens is 434 g/mol. The summed E-state index contributed by atoms with van der Waals surface area (Å²) in [5, 5.41) is 5.46. The van der Waals surface area contributed by atoms with Crippen molar-refractivity contribution in [3.8, 4) is 16.9 Å². The third-order valence-electron chi connectivity index (χ3n) is 5.02. The van der Waals surface area contributed by atoms with Gasteiger partial charge in [-0.3, -0.25) is 9.69 Å². The van der Waals surface area contributed by atoms with E-state index in [-0.39, 0.29) is 11.9 Å². The number of benzene rings is 2. The highest BCUT2D eigenvalue weighted by Gasteiger charge is 2.35. The first-order valence-electron chi connectivity index (χ1n) is 9.66. The van der Waals surface area contributed by atoms with Gasteiger partial charge in [0.15, 0.2) is 0 Å². The first-order chi connectivity index (χ1) is 14.5. The van der Waals surface area contributed by atoms with Gasteiger partial charge >= 0.3 is 0 Å². The van der Waals surface area contributed by atoms with Crippen LogP contribution in [0.25, 0.3) is 23.0 Å². The van der Waals surface area contributed by atoms with Crippen LogP contribution >= 0.6 is 35.6 Å². The number of nitrogens with zero attached hydrogens (tertiary/aromatic N) is 3. The van der Waals surface area contributed by atoms with Crippen LogP contribution in [0.3, 0.4) is 0 Å². The van der Waals surface area contributed by atoms with Gasteiger partial charge in [0.05, 0.1) is 16.3 Å². The van der Waals surface area contributed by atoms with Crippen LogP contribution in [0.4, 0.5) is 0 Å². The molecule has 1 aromatic heterocycles. The van der Waals surface area contributed by atoms with Crippen LogP contribution in [0.1, 0.15) is 25.8 Å². The molecule has 30 heavy (non-hydrogen) atoms. The van der Waals surface area contributed by atoms with Crippen molar-refractivity contribution in [2.75, 3.05) is 0 Å². The number of amides is 1. The van der Waals surface area contributed by atoms with E-state index in [9.17, 15) is 4.79 Å². The Kier molecular flexibility index (Phi) is 6.09. The number of hydrogen-bond acceptors (Lipinski definition) is 4. The standard InChI is InChI=1S/C23H20ClN3OS2/c1-3-15(2)27-22(28)20(30-23(27)29)13-17-14-26(19-7-5-4-6-8-19)25-21(17)16-9-11-18(24)12-10-16/h4-15H,3H2,1-2H3/b20-13-/t15-/m0/s1. The summed E-state index contributed by atoms with van der Waals surface area (Å²) < 4.78 is 2.43. The van der Waals surface area contributed by atoms with Gasteiger partial charge in [0.25, 0.3) is 5.91 Å². The molecule has 1 atom stereocenters. The summed E-state index contributed by atoms with van der Waals surface area (Å²) in [7, 11) is 0. The van der Waals surface area contributed by atoms with E-state index >= 15 is 0 Å². The lowest BCUT2D eigenvalue weighted by Gasteiger charge is -2.21. The van der Waals surface area contributed by atoms with Crippen LogP contribution in [0, 0.1) is 0 Å². The average Bonchev–Trinajstić information content (AvgIpc) is 3.30. The molecule has 1 amide bonds. The molecule has 3 aromatic rings. The molecule has 2 aromatic carbocycles. The van der Waals surface area contributed by atoms with Crippen LogP contribution in [-0.4, -0.2) is 30.9 Å². The smallest absolute Gasteiger partial charge is 0.266 e. The number of carbonyl (C=O) groups is 1. The Morgan fingerprint density at radius 3 is 2.53 bits per heavy atom. The van der Waals surface area contributed by atoms with Gasteiger partial charge in [0.1, 0.15) is 4.32 Å². The summed E-state index contributed by atoms with van der Waals surface area (Å²) in [5.41, 5.74) is 3.51. The van der Waals surface area contributed by atoms with E-state index in [1.807, 2.05) is 78.5 Å². The maximum atomic E-state index is 13.0. The molecule has 2 heterocycles. The fourth-order valence-corrected chi connectivity index (χ4v) is 4.80. The second-order valence-corrected chi connectivity index (χ2v) is 9.14. The number of carbonyl (C=O) groups excluding carboxylic acids is 1. The highest BCUT2D eigenvalue weighted by molar-refractivity contribution is 8.26. The maximum absolute atomic E-state index is 13.0. The Hall–Kier alpha value is -2.41. The molecule has 0 N–H and O–H groups in total. The zero-order valence-electron chi connectivity index (χ0n) is 16.6. The largest absolute Gasteiger partial charge is 0.290 e. The van der Waals surface area contributed by atoms with Gasteiger partial charge in [0, 0.05) is 28.4 Å². The summed E-state index contributed by atoms with van der Waals surface area (Å²) in [6.45, 7) is 4.07. The summed E-state index contributed by atoms with van der Waals surface area (Å²) in [6.07, 6.45) is 4.68. The third-order valence-corrected chi connectivity index (χ3v) is 6.61. The molecule has 7 heteroatoms. The van der Waals surface area contributed by atoms with Crippen LogP contribution < -0.4 is 0 Å². The normalized spacial score (nSPS) is 16.5. The maximum Gasteiger partial charge on any atom is 0.266 e. The number of rotatable bonds is 5. The van der Waals surface area contributed by atoms with Crippen molar-refractivity contribution in [2.45, 2.75) is 26.3 Å². The number of hydrogen-bond donors (Lipinski definition) is 0. The molecule has 0 unspecified atom stereocenters. The lowest BCUT2D eigenvalue weighted by atomic mass is 10.1. The Bertz CT molecular complexity index is 1120. The SMILES string of the molecule is CC[C@H](C)N1C(=O)/C(=C/c2cn(-c3ccccc3)nc2-c2ccc(Cl)cc2)SC1=S. The molecular formula is C23H20ClN3OS2. The molecule has 0 aliphatic carbocycles. The lowest BCUT2D eigenvalue weighted by molar-refractivity contribution is -0.123. The van der Waals surface area contributed by atoms with Crippen molar-refractivity contribution in [1.29, 1.82) is 0 Å². The number of para-hydroxylation sites is 1. The number of thioether (sulfide) groups is 1. The Balaban J connectivity index is 1.79. The summed E-state index contributed by atoms with van der Waals surface area (Å²) in [5.74, 6) is -0.0473. The molecule has 1 aliphatic heterocycles. The zero-order valence-corrected chi connectivity index (χ0v) is 19.0. The predicted molar refractivity (Wildman–Crippen MR) is 129 cm³/mol. The number of thiocarbonyl (C=S) groups is 1. The van der Waals surface area contributed by atoms with Crippen molar-refractivity contribution in [2.24, 2.45) is 0 Å². The monoisotopic (exact) mass is 453 g/mol. The highest BCUT2D eigenvalue weighted by atomic mass is 35.5. The molecule has 4 rings (SSSR count). The summed E-state index contributed by atoms with van der Waals surface area (Å²) >= 11 is 12.9. The second-order valence-electron chi connectivity index (χ2n) is 7.03. The molecule has 4 nitrogen and oxygen atoms in total. The van der Waals surface area contributed by atoms with E-state index in [1.165, 1.54) is 11.8 Å². The quantitative estimate of drug-likeness (QED) is 0.341. The topological polar surface area (TPSA) is 38.1 Å². The Morgan fingerprint density at radius 2 is 1.87 bits per heavy atom. The second kappa shape index (κ2) is 8.76. The minimum absolute atomic E-state index is 0.0473. The molecule has 1 fully saturated rings. The lowest BCUT2D eigenvalue weighted by Crippen LogP contribution is -2.36. The molecule has 0 bridgehead atoms. The number of aromatic nitrogens is 2. The predicted octanol–water partition coefficient (Wildman–Crippen LogP) is 6.19. The molecule has 152 valence electrons. The van der Waals surface area contributed by atoms with Crippen LogP contribution in [-0.2, 0) is 4.79 Å². The number of halogens is 1. The fourth-order valence-electron chi connectivity index (χ4n) is 3.22. The highest BCUT2D eigenvalue weighted by Crippen LogP contribution is 2.36. The van der Waals surface area contributed by atoms with Crippen LogP contribution in [0.5, 0.6) is 0 Å². The van der Waals surface area contributed by atoms with Crippen molar-refractivity contribution >= 4 is 51.9 Å². The van der Waals surface area contributed by atoms with Crippen molar-refractivity contribution in [3.05, 3.63) is 76.3 Å². The van der Waals surface area contributed by atoms with Gasteiger partial charge in [0.2, 0.25) is 0 Å². The molecule has 0 spiro atoms. The van der Waals surface area contributed by atoms with Gasteiger partial charge in [-0.1, -0.05) is 72.8 Å². The fraction of sp³-hybridized carbons (Fsp3) is 0.174. The summed E-state index contributed by atoms with van der Waals surface area (Å²) in [6, 6.07) is 17.5.